The first kappa shape index (κ1) is 22.2. The molecule has 1 aliphatic heterocycles. The van der Waals surface area contributed by atoms with E-state index >= 15 is 0 Å². The molecule has 8 heteroatoms. The second-order valence-electron chi connectivity index (χ2n) is 6.80. The van der Waals surface area contributed by atoms with E-state index in [-0.39, 0.29) is 24.0 Å². The van der Waals surface area contributed by atoms with Gasteiger partial charge in [-0.25, -0.2) is 14.2 Å². The average molecular weight is 561 g/mol. The van der Waals surface area contributed by atoms with Gasteiger partial charge in [-0.05, 0) is 81.7 Å². The molecule has 0 spiro atoms. The number of aliphatic imine (C=N–C) groups is 1. The zero-order valence-electron chi connectivity index (χ0n) is 16.8. The van der Waals surface area contributed by atoms with E-state index in [0.717, 1.165) is 4.47 Å². The number of methoxy groups -OCH3 is 1. The number of nitrogens with zero attached hydrogens (tertiary/aromatic N) is 1. The van der Waals surface area contributed by atoms with E-state index < -0.39 is 5.97 Å². The van der Waals surface area contributed by atoms with Crippen molar-refractivity contribution in [3.05, 3.63) is 97.8 Å². The molecule has 1 aliphatic rings. The SMILES string of the molecule is COc1cc(/C=C2\N=C(c3ccc(Br)cc3)OC2=O)cc(Br)c1OCc1cccc(F)c1. The molecule has 0 saturated carbocycles. The Balaban J connectivity index is 1.59. The number of esters is 1. The Morgan fingerprint density at radius 2 is 1.88 bits per heavy atom. The number of ether oxygens (including phenoxy) is 3. The van der Waals surface area contributed by atoms with Gasteiger partial charge in [-0.1, -0.05) is 28.1 Å². The highest BCUT2D eigenvalue weighted by Gasteiger charge is 2.24. The van der Waals surface area contributed by atoms with Crippen LogP contribution < -0.4 is 9.47 Å². The number of rotatable bonds is 6. The summed E-state index contributed by atoms with van der Waals surface area (Å²) in [6, 6.07) is 17.0. The van der Waals surface area contributed by atoms with Gasteiger partial charge in [0.2, 0.25) is 5.90 Å². The lowest BCUT2D eigenvalue weighted by Gasteiger charge is -2.13. The lowest BCUT2D eigenvalue weighted by Crippen LogP contribution is -2.05. The molecule has 0 N–H and O–H groups in total. The summed E-state index contributed by atoms with van der Waals surface area (Å²) in [4.78, 5) is 16.6. The molecular formula is C24H16Br2FNO4. The lowest BCUT2D eigenvalue weighted by atomic mass is 10.1. The number of carbonyl (C=O) groups excluding carboxylic acids is 1. The van der Waals surface area contributed by atoms with Crippen molar-refractivity contribution in [2.45, 2.75) is 6.61 Å². The van der Waals surface area contributed by atoms with Crippen molar-refractivity contribution in [2.24, 2.45) is 4.99 Å². The molecule has 0 saturated heterocycles. The molecule has 4 rings (SSSR count). The maximum Gasteiger partial charge on any atom is 0.363 e. The summed E-state index contributed by atoms with van der Waals surface area (Å²) in [7, 11) is 1.52. The Morgan fingerprint density at radius 3 is 2.59 bits per heavy atom. The summed E-state index contributed by atoms with van der Waals surface area (Å²) in [5.74, 6) is 0.294. The van der Waals surface area contributed by atoms with Gasteiger partial charge in [0.1, 0.15) is 12.4 Å². The molecule has 1 heterocycles. The van der Waals surface area contributed by atoms with Gasteiger partial charge in [0.15, 0.2) is 17.2 Å². The second kappa shape index (κ2) is 9.67. The number of cyclic esters (lactones) is 1. The monoisotopic (exact) mass is 559 g/mol. The van der Waals surface area contributed by atoms with Crippen LogP contribution in [0.25, 0.3) is 6.08 Å². The molecule has 0 aliphatic carbocycles. The predicted octanol–water partition coefficient (Wildman–Crippen LogP) is 6.28. The fourth-order valence-corrected chi connectivity index (χ4v) is 3.87. The Morgan fingerprint density at radius 1 is 1.09 bits per heavy atom. The van der Waals surface area contributed by atoms with E-state index in [0.29, 0.717) is 32.7 Å². The second-order valence-corrected chi connectivity index (χ2v) is 8.57. The molecule has 0 bridgehead atoms. The largest absolute Gasteiger partial charge is 0.493 e. The van der Waals surface area contributed by atoms with Crippen LogP contribution in [0.3, 0.4) is 0 Å². The van der Waals surface area contributed by atoms with Gasteiger partial charge in [0, 0.05) is 10.0 Å². The number of halogens is 3. The molecule has 5 nitrogen and oxygen atoms in total. The molecule has 162 valence electrons. The van der Waals surface area contributed by atoms with Gasteiger partial charge in [0.05, 0.1) is 11.6 Å². The quantitative estimate of drug-likeness (QED) is 0.263. The minimum Gasteiger partial charge on any atom is -0.493 e. The maximum absolute atomic E-state index is 13.4. The number of benzene rings is 3. The van der Waals surface area contributed by atoms with E-state index in [4.69, 9.17) is 14.2 Å². The van der Waals surface area contributed by atoms with Crippen LogP contribution >= 0.6 is 31.9 Å². The summed E-state index contributed by atoms with van der Waals surface area (Å²) in [6.45, 7) is 0.167. The molecule has 32 heavy (non-hydrogen) atoms. The number of hydrogen-bond acceptors (Lipinski definition) is 5. The molecule has 0 unspecified atom stereocenters. The van der Waals surface area contributed by atoms with Crippen molar-refractivity contribution in [1.29, 1.82) is 0 Å². The molecule has 0 fully saturated rings. The van der Waals surface area contributed by atoms with Gasteiger partial charge in [-0.3, -0.25) is 0 Å². The highest BCUT2D eigenvalue weighted by Crippen LogP contribution is 2.38. The zero-order valence-corrected chi connectivity index (χ0v) is 19.9. The summed E-state index contributed by atoms with van der Waals surface area (Å²) in [5, 5.41) is 0. The van der Waals surface area contributed by atoms with Gasteiger partial charge in [0.25, 0.3) is 0 Å². The van der Waals surface area contributed by atoms with E-state index in [1.807, 2.05) is 24.3 Å². The third kappa shape index (κ3) is 5.08. The summed E-state index contributed by atoms with van der Waals surface area (Å²) < 4.78 is 31.5. The Hall–Kier alpha value is -2.97. The first-order valence-corrected chi connectivity index (χ1v) is 11.0. The normalized spacial score (nSPS) is 14.3. The fraction of sp³-hybridized carbons (Fsp3) is 0.0833. The lowest BCUT2D eigenvalue weighted by molar-refractivity contribution is -0.129. The molecule has 0 amide bonds. The predicted molar refractivity (Wildman–Crippen MR) is 126 cm³/mol. The van der Waals surface area contributed by atoms with Gasteiger partial charge in [-0.15, -0.1) is 0 Å². The van der Waals surface area contributed by atoms with Crippen LogP contribution in [-0.2, 0) is 16.1 Å². The van der Waals surface area contributed by atoms with Crippen LogP contribution in [0, 0.1) is 5.82 Å². The van der Waals surface area contributed by atoms with E-state index in [9.17, 15) is 9.18 Å². The van der Waals surface area contributed by atoms with Crippen molar-refractivity contribution in [3.63, 3.8) is 0 Å². The van der Waals surface area contributed by atoms with E-state index in [1.54, 1.807) is 30.3 Å². The van der Waals surface area contributed by atoms with Crippen molar-refractivity contribution in [1.82, 2.24) is 0 Å². The molecular weight excluding hydrogens is 545 g/mol. The van der Waals surface area contributed by atoms with E-state index in [2.05, 4.69) is 36.9 Å². The third-order valence-corrected chi connectivity index (χ3v) is 5.66. The molecule has 3 aromatic rings. The van der Waals surface area contributed by atoms with Gasteiger partial charge < -0.3 is 14.2 Å². The van der Waals surface area contributed by atoms with Crippen molar-refractivity contribution in [3.8, 4) is 11.5 Å². The molecule has 0 radical (unpaired) electrons. The van der Waals surface area contributed by atoms with Crippen LogP contribution in [0.2, 0.25) is 0 Å². The highest BCUT2D eigenvalue weighted by molar-refractivity contribution is 9.10. The fourth-order valence-electron chi connectivity index (χ4n) is 3.03. The molecule has 0 atom stereocenters. The number of hydrogen-bond donors (Lipinski definition) is 0. The minimum atomic E-state index is -0.538. The van der Waals surface area contributed by atoms with Crippen LogP contribution in [0.15, 0.2) is 80.3 Å². The number of carbonyl (C=O) groups is 1. The van der Waals surface area contributed by atoms with Crippen LogP contribution in [-0.4, -0.2) is 19.0 Å². The van der Waals surface area contributed by atoms with Crippen LogP contribution in [0.4, 0.5) is 4.39 Å². The zero-order chi connectivity index (χ0) is 22.7. The first-order chi connectivity index (χ1) is 15.4. The molecule has 0 aromatic heterocycles. The van der Waals surface area contributed by atoms with E-state index in [1.165, 1.54) is 19.2 Å². The summed E-state index contributed by atoms with van der Waals surface area (Å²) in [6.07, 6.45) is 1.61. The highest BCUT2D eigenvalue weighted by atomic mass is 79.9. The summed E-state index contributed by atoms with van der Waals surface area (Å²) in [5.41, 5.74) is 2.23. The van der Waals surface area contributed by atoms with Crippen molar-refractivity contribution in [2.75, 3.05) is 7.11 Å². The van der Waals surface area contributed by atoms with Crippen molar-refractivity contribution >= 4 is 49.8 Å². The van der Waals surface area contributed by atoms with Gasteiger partial charge in [-0.2, -0.15) is 0 Å². The van der Waals surface area contributed by atoms with Gasteiger partial charge >= 0.3 is 5.97 Å². The smallest absolute Gasteiger partial charge is 0.363 e. The summed E-state index contributed by atoms with van der Waals surface area (Å²) >= 11 is 6.86. The Kier molecular flexibility index (Phi) is 6.72. The van der Waals surface area contributed by atoms with Crippen molar-refractivity contribution < 1.29 is 23.4 Å². The van der Waals surface area contributed by atoms with Crippen LogP contribution in [0.5, 0.6) is 11.5 Å². The van der Waals surface area contributed by atoms with Crippen LogP contribution in [0.1, 0.15) is 16.7 Å². The maximum atomic E-state index is 13.4. The third-order valence-electron chi connectivity index (χ3n) is 4.54. The topological polar surface area (TPSA) is 57.1 Å². The molecule has 3 aromatic carbocycles. The standard InChI is InChI=1S/C24H16Br2FNO4/c1-30-21-12-15(10-19(26)22(21)31-13-14-3-2-4-18(27)9-14)11-20-24(29)32-23(28-20)16-5-7-17(25)8-6-16/h2-12H,13H2,1H3/b20-11-. The first-order valence-electron chi connectivity index (χ1n) is 9.46. The Labute approximate surface area is 200 Å². The minimum absolute atomic E-state index is 0.167. The average Bonchev–Trinajstić information content (AvgIpc) is 3.13. The Bertz CT molecular complexity index is 1240.